The van der Waals surface area contributed by atoms with E-state index in [1.165, 1.54) is 0 Å². The highest BCUT2D eigenvalue weighted by Gasteiger charge is 2.60. The molecule has 23 heavy (non-hydrogen) atoms. The molecule has 0 amide bonds. The summed E-state index contributed by atoms with van der Waals surface area (Å²) in [4.78, 5) is 11.7. The molecule has 0 spiro atoms. The molecule has 3 fully saturated rings. The molecular weight excluding hydrogens is 318 g/mol. The van der Waals surface area contributed by atoms with E-state index in [1.807, 2.05) is 0 Å². The van der Waals surface area contributed by atoms with Crippen LogP contribution < -0.4 is 16.0 Å². The Kier molecular flexibility index (Phi) is 5.49. The lowest BCUT2D eigenvalue weighted by molar-refractivity contribution is -0.142. The highest BCUT2D eigenvalue weighted by Crippen LogP contribution is 2.48. The van der Waals surface area contributed by atoms with E-state index in [4.69, 9.17) is 9.47 Å². The number of nitrogens with one attached hydrogen (secondary N) is 3. The molecule has 0 aliphatic carbocycles. The van der Waals surface area contributed by atoms with Gasteiger partial charge < -0.3 is 30.5 Å². The van der Waals surface area contributed by atoms with Crippen LogP contribution in [-0.4, -0.2) is 85.3 Å². The van der Waals surface area contributed by atoms with E-state index in [1.54, 1.807) is 11.8 Å². The fourth-order valence-corrected chi connectivity index (χ4v) is 5.67. The highest BCUT2D eigenvalue weighted by molar-refractivity contribution is 8.00. The maximum atomic E-state index is 11.7. The number of hydrogen-bond acceptors (Lipinski definition) is 7. The molecule has 4 N–H and O–H groups in total. The van der Waals surface area contributed by atoms with Crippen molar-refractivity contribution in [1.82, 2.24) is 16.0 Å². The van der Waals surface area contributed by atoms with Gasteiger partial charge in [-0.3, -0.25) is 4.79 Å². The van der Waals surface area contributed by atoms with Gasteiger partial charge in [-0.1, -0.05) is 0 Å². The van der Waals surface area contributed by atoms with Crippen LogP contribution in [0.2, 0.25) is 0 Å². The van der Waals surface area contributed by atoms with E-state index >= 15 is 0 Å². The van der Waals surface area contributed by atoms with Gasteiger partial charge in [0.25, 0.3) is 0 Å². The van der Waals surface area contributed by atoms with E-state index in [2.05, 4.69) is 22.9 Å². The first-order valence-electron chi connectivity index (χ1n) is 8.34. The van der Waals surface area contributed by atoms with Crippen LogP contribution in [0, 0.1) is 0 Å². The lowest BCUT2D eigenvalue weighted by Gasteiger charge is -2.58. The number of ether oxygens (including phenoxy) is 2. The second-order valence-corrected chi connectivity index (χ2v) is 7.99. The molecule has 7 nitrogen and oxygen atoms in total. The average molecular weight is 345 g/mol. The number of carboxylic acids is 1. The Morgan fingerprint density at radius 2 is 1.83 bits per heavy atom. The molecule has 8 heteroatoms. The lowest BCUT2D eigenvalue weighted by Crippen LogP contribution is -2.76. The zero-order chi connectivity index (χ0) is 16.3. The van der Waals surface area contributed by atoms with Crippen molar-refractivity contribution in [2.45, 2.75) is 35.8 Å². The molecule has 3 aliphatic rings. The summed E-state index contributed by atoms with van der Waals surface area (Å²) in [5, 5.41) is 19.9. The van der Waals surface area contributed by atoms with E-state index in [0.29, 0.717) is 19.8 Å². The van der Waals surface area contributed by atoms with E-state index in [9.17, 15) is 9.90 Å². The minimum atomic E-state index is -0.787. The van der Waals surface area contributed by atoms with Crippen molar-refractivity contribution in [1.29, 1.82) is 0 Å². The van der Waals surface area contributed by atoms with Gasteiger partial charge in [-0.05, 0) is 6.92 Å². The predicted molar refractivity (Wildman–Crippen MR) is 89.1 cm³/mol. The molecular formula is C15H27N3O4S. The first-order chi connectivity index (χ1) is 11.1. The summed E-state index contributed by atoms with van der Waals surface area (Å²) in [6.07, 6.45) is -0.164. The van der Waals surface area contributed by atoms with Gasteiger partial charge in [0, 0.05) is 38.5 Å². The van der Waals surface area contributed by atoms with Crippen molar-refractivity contribution in [2.75, 3.05) is 51.7 Å². The molecule has 4 atom stereocenters. The summed E-state index contributed by atoms with van der Waals surface area (Å²) < 4.78 is 11.5. The van der Waals surface area contributed by atoms with E-state index in [-0.39, 0.29) is 18.6 Å². The molecule has 4 unspecified atom stereocenters. The summed E-state index contributed by atoms with van der Waals surface area (Å²) in [6, 6.07) is 0. The molecule has 3 aliphatic heterocycles. The van der Waals surface area contributed by atoms with Crippen LogP contribution in [-0.2, 0) is 14.3 Å². The number of aliphatic carboxylic acids is 1. The van der Waals surface area contributed by atoms with Crippen molar-refractivity contribution in [3.8, 4) is 0 Å². The minimum Gasteiger partial charge on any atom is -0.481 e. The summed E-state index contributed by atoms with van der Waals surface area (Å²) in [7, 11) is 0. The van der Waals surface area contributed by atoms with Gasteiger partial charge in [0.1, 0.15) is 0 Å². The third-order valence-electron chi connectivity index (χ3n) is 5.27. The van der Waals surface area contributed by atoms with Crippen molar-refractivity contribution in [2.24, 2.45) is 0 Å². The van der Waals surface area contributed by atoms with E-state index in [0.717, 1.165) is 31.9 Å². The van der Waals surface area contributed by atoms with Gasteiger partial charge in [-0.2, -0.15) is 0 Å². The minimum absolute atomic E-state index is 0.0629. The monoisotopic (exact) mass is 345 g/mol. The molecule has 3 saturated heterocycles. The smallest absolute Gasteiger partial charge is 0.304 e. The fraction of sp³-hybridized carbons (Fsp3) is 0.933. The van der Waals surface area contributed by atoms with Crippen molar-refractivity contribution >= 4 is 17.7 Å². The molecule has 0 saturated carbocycles. The Balaban J connectivity index is 1.95. The first-order valence-corrected chi connectivity index (χ1v) is 9.32. The van der Waals surface area contributed by atoms with Gasteiger partial charge in [0.2, 0.25) is 0 Å². The fourth-order valence-electron chi connectivity index (χ4n) is 4.03. The summed E-state index contributed by atoms with van der Waals surface area (Å²) in [5.41, 5.74) is -0.467. The third-order valence-corrected chi connectivity index (χ3v) is 7.02. The summed E-state index contributed by atoms with van der Waals surface area (Å²) in [6.45, 7) is 7.29. The van der Waals surface area contributed by atoms with Crippen LogP contribution in [0.5, 0.6) is 0 Å². The van der Waals surface area contributed by atoms with Crippen molar-refractivity contribution < 1.29 is 19.4 Å². The SMILES string of the molecule is CC1(C2CNCCO2)NCCSC1(CC(=O)O)C1CNCCO1. The van der Waals surface area contributed by atoms with Gasteiger partial charge in [0.05, 0.1) is 42.1 Å². The molecule has 3 rings (SSSR count). The number of carbonyl (C=O) groups is 1. The molecule has 0 aromatic carbocycles. The zero-order valence-electron chi connectivity index (χ0n) is 13.6. The molecule has 3 heterocycles. The van der Waals surface area contributed by atoms with E-state index < -0.39 is 16.3 Å². The van der Waals surface area contributed by atoms with Crippen LogP contribution in [0.4, 0.5) is 0 Å². The Hall–Kier alpha value is -0.380. The second kappa shape index (κ2) is 7.25. The topological polar surface area (TPSA) is 91.9 Å². The second-order valence-electron chi connectivity index (χ2n) is 6.56. The van der Waals surface area contributed by atoms with Crippen LogP contribution in [0.15, 0.2) is 0 Å². The largest absolute Gasteiger partial charge is 0.481 e. The molecule has 0 aromatic rings. The van der Waals surface area contributed by atoms with Crippen LogP contribution >= 0.6 is 11.8 Å². The number of carboxylic acid groups (broad SMARTS) is 1. The quantitative estimate of drug-likeness (QED) is 0.530. The Labute approximate surface area is 141 Å². The first kappa shape index (κ1) is 17.4. The van der Waals surface area contributed by atoms with Crippen molar-refractivity contribution in [3.63, 3.8) is 0 Å². The van der Waals surface area contributed by atoms with Gasteiger partial charge in [-0.25, -0.2) is 0 Å². The average Bonchev–Trinajstić information content (AvgIpc) is 2.58. The molecule has 0 radical (unpaired) electrons. The summed E-state index contributed by atoms with van der Waals surface area (Å²) >= 11 is 1.73. The van der Waals surface area contributed by atoms with Crippen LogP contribution in [0.3, 0.4) is 0 Å². The standard InChI is InChI=1S/C15H27N3O4S/c1-14(11-9-16-2-5-21-11)15(8-13(19)20,23-7-4-18-14)12-10-17-3-6-22-12/h11-12,16-18H,2-10H2,1H3,(H,19,20). The number of rotatable bonds is 4. The number of hydrogen-bond donors (Lipinski definition) is 4. The Morgan fingerprint density at radius 1 is 1.17 bits per heavy atom. The van der Waals surface area contributed by atoms with Gasteiger partial charge >= 0.3 is 5.97 Å². The highest BCUT2D eigenvalue weighted by atomic mass is 32.2. The number of thioether (sulfide) groups is 1. The molecule has 0 bridgehead atoms. The summed E-state index contributed by atoms with van der Waals surface area (Å²) in [5.74, 6) is 0.0912. The maximum absolute atomic E-state index is 11.7. The predicted octanol–water partition coefficient (Wildman–Crippen LogP) is -0.728. The maximum Gasteiger partial charge on any atom is 0.304 e. The normalized spacial score (nSPS) is 42.3. The molecule has 0 aromatic heterocycles. The van der Waals surface area contributed by atoms with Crippen LogP contribution in [0.25, 0.3) is 0 Å². The third kappa shape index (κ3) is 3.25. The lowest BCUT2D eigenvalue weighted by atomic mass is 9.73. The van der Waals surface area contributed by atoms with Crippen LogP contribution in [0.1, 0.15) is 13.3 Å². The van der Waals surface area contributed by atoms with Crippen molar-refractivity contribution in [3.05, 3.63) is 0 Å². The zero-order valence-corrected chi connectivity index (χ0v) is 14.4. The number of morpholine rings is 2. The Morgan fingerprint density at radius 3 is 2.39 bits per heavy atom. The van der Waals surface area contributed by atoms with Gasteiger partial charge in [0.15, 0.2) is 0 Å². The Bertz CT molecular complexity index is 429. The van der Waals surface area contributed by atoms with Gasteiger partial charge in [-0.15, -0.1) is 11.8 Å². The molecule has 132 valence electrons.